The maximum atomic E-state index is 9.48. The minimum Gasteiger partial charge on any atom is -0.393 e. The normalized spacial score (nSPS) is 14.3. The third-order valence-electron chi connectivity index (χ3n) is 1.59. The van der Waals surface area contributed by atoms with E-state index in [2.05, 4.69) is 20.8 Å². The van der Waals surface area contributed by atoms with Gasteiger partial charge in [0.1, 0.15) is 0 Å². The Morgan fingerprint density at radius 3 is 2.33 bits per heavy atom. The van der Waals surface area contributed by atoms with Crippen molar-refractivity contribution in [3.05, 3.63) is 0 Å². The Hall–Kier alpha value is -0.570. The molecule has 0 aliphatic heterocycles. The van der Waals surface area contributed by atoms with Gasteiger partial charge in [-0.1, -0.05) is 20.8 Å². The van der Waals surface area contributed by atoms with Crippen LogP contribution in [0.4, 0.5) is 0 Å². The number of hydrogen-bond acceptors (Lipinski definition) is 2. The number of aliphatic hydroxyl groups excluding tert-OH is 1. The number of nitrogens with two attached hydrogens (primary N) is 1. The summed E-state index contributed by atoms with van der Waals surface area (Å²) in [6.07, 6.45) is 1.54. The molecule has 0 radical (unpaired) electrons. The lowest BCUT2D eigenvalue weighted by molar-refractivity contribution is 0.115. The molecule has 0 saturated carbocycles. The average molecular weight is 172 g/mol. The highest BCUT2D eigenvalue weighted by Gasteiger charge is 2.16. The molecule has 1 unspecified atom stereocenters. The first-order valence-electron chi connectivity index (χ1n) is 4.32. The highest BCUT2D eigenvalue weighted by molar-refractivity contribution is 5.76. The quantitative estimate of drug-likeness (QED) is 0.444. The molecule has 0 heterocycles. The highest BCUT2D eigenvalue weighted by atomic mass is 16.3. The van der Waals surface area contributed by atoms with Crippen LogP contribution in [-0.2, 0) is 0 Å². The second kappa shape index (κ2) is 4.45. The summed E-state index contributed by atoms with van der Waals surface area (Å²) < 4.78 is 0. The maximum Gasteiger partial charge on any atom is 0.0906 e. The van der Waals surface area contributed by atoms with Crippen molar-refractivity contribution in [3.8, 4) is 0 Å². The van der Waals surface area contributed by atoms with Crippen molar-refractivity contribution in [3.63, 3.8) is 0 Å². The SMILES string of the molecule is CC(C)(C)CC(O)CCC(=N)N. The van der Waals surface area contributed by atoms with E-state index < -0.39 is 0 Å². The molecule has 0 spiro atoms. The molecule has 3 heteroatoms. The summed E-state index contributed by atoms with van der Waals surface area (Å²) in [5.74, 6) is 0.156. The molecule has 3 nitrogen and oxygen atoms in total. The van der Waals surface area contributed by atoms with Crippen LogP contribution in [0, 0.1) is 10.8 Å². The minimum atomic E-state index is -0.325. The van der Waals surface area contributed by atoms with Gasteiger partial charge in [-0.15, -0.1) is 0 Å². The fourth-order valence-electron chi connectivity index (χ4n) is 1.13. The summed E-state index contributed by atoms with van der Waals surface area (Å²) in [6, 6.07) is 0. The van der Waals surface area contributed by atoms with Crippen molar-refractivity contribution in [2.75, 3.05) is 0 Å². The van der Waals surface area contributed by atoms with Gasteiger partial charge in [0, 0.05) is 6.42 Å². The summed E-state index contributed by atoms with van der Waals surface area (Å²) in [5.41, 5.74) is 5.33. The molecule has 0 aromatic rings. The highest BCUT2D eigenvalue weighted by Crippen LogP contribution is 2.22. The molecule has 72 valence electrons. The fourth-order valence-corrected chi connectivity index (χ4v) is 1.13. The lowest BCUT2D eigenvalue weighted by Crippen LogP contribution is -2.20. The molecule has 1 atom stereocenters. The van der Waals surface area contributed by atoms with Crippen LogP contribution < -0.4 is 5.73 Å². The van der Waals surface area contributed by atoms with Crippen molar-refractivity contribution >= 4 is 5.84 Å². The van der Waals surface area contributed by atoms with E-state index in [1.807, 2.05) is 0 Å². The largest absolute Gasteiger partial charge is 0.393 e. The van der Waals surface area contributed by atoms with Crippen molar-refractivity contribution in [1.82, 2.24) is 0 Å². The lowest BCUT2D eigenvalue weighted by atomic mass is 9.88. The number of aliphatic hydroxyl groups is 1. The third kappa shape index (κ3) is 7.54. The average Bonchev–Trinajstić information content (AvgIpc) is 1.79. The molecule has 0 saturated heterocycles. The fraction of sp³-hybridized carbons (Fsp3) is 0.889. The van der Waals surface area contributed by atoms with Crippen molar-refractivity contribution in [1.29, 1.82) is 5.41 Å². The van der Waals surface area contributed by atoms with Crippen LogP contribution in [0.2, 0.25) is 0 Å². The van der Waals surface area contributed by atoms with Gasteiger partial charge in [-0.05, 0) is 18.3 Å². The van der Waals surface area contributed by atoms with E-state index in [1.165, 1.54) is 0 Å². The van der Waals surface area contributed by atoms with E-state index in [0.29, 0.717) is 12.8 Å². The Morgan fingerprint density at radius 2 is 2.00 bits per heavy atom. The smallest absolute Gasteiger partial charge is 0.0906 e. The molecule has 0 aromatic carbocycles. The van der Waals surface area contributed by atoms with E-state index in [9.17, 15) is 5.11 Å². The topological polar surface area (TPSA) is 70.1 Å². The first kappa shape index (κ1) is 11.4. The van der Waals surface area contributed by atoms with Crippen molar-refractivity contribution < 1.29 is 5.11 Å². The van der Waals surface area contributed by atoms with E-state index in [0.717, 1.165) is 6.42 Å². The molecule has 4 N–H and O–H groups in total. The van der Waals surface area contributed by atoms with E-state index in [-0.39, 0.29) is 17.4 Å². The van der Waals surface area contributed by atoms with Crippen LogP contribution in [0.1, 0.15) is 40.0 Å². The zero-order valence-electron chi connectivity index (χ0n) is 8.22. The number of rotatable bonds is 4. The van der Waals surface area contributed by atoms with Gasteiger partial charge < -0.3 is 10.8 Å². The predicted molar refractivity (Wildman–Crippen MR) is 51.2 cm³/mol. The predicted octanol–water partition coefficient (Wildman–Crippen LogP) is 1.50. The molecule has 0 aliphatic carbocycles. The molecular weight excluding hydrogens is 152 g/mol. The Balaban J connectivity index is 3.60. The Bertz CT molecular complexity index is 149. The zero-order chi connectivity index (χ0) is 9.78. The van der Waals surface area contributed by atoms with Gasteiger partial charge in [0.25, 0.3) is 0 Å². The lowest BCUT2D eigenvalue weighted by Gasteiger charge is -2.21. The summed E-state index contributed by atoms with van der Waals surface area (Å²) in [4.78, 5) is 0. The Labute approximate surface area is 74.5 Å². The van der Waals surface area contributed by atoms with Crippen molar-refractivity contribution in [2.24, 2.45) is 11.1 Å². The summed E-state index contributed by atoms with van der Waals surface area (Å²) in [7, 11) is 0. The molecular formula is C9H20N2O. The molecule has 0 bridgehead atoms. The van der Waals surface area contributed by atoms with E-state index in [1.54, 1.807) is 0 Å². The first-order chi connectivity index (χ1) is 5.31. The summed E-state index contributed by atoms with van der Waals surface area (Å²) in [5, 5.41) is 16.5. The maximum absolute atomic E-state index is 9.48. The van der Waals surface area contributed by atoms with Crippen LogP contribution in [-0.4, -0.2) is 17.0 Å². The zero-order valence-corrected chi connectivity index (χ0v) is 8.22. The molecule has 0 rings (SSSR count). The van der Waals surface area contributed by atoms with Gasteiger partial charge in [0.2, 0.25) is 0 Å². The Morgan fingerprint density at radius 1 is 1.50 bits per heavy atom. The van der Waals surface area contributed by atoms with Crippen LogP contribution in [0.5, 0.6) is 0 Å². The summed E-state index contributed by atoms with van der Waals surface area (Å²) >= 11 is 0. The minimum absolute atomic E-state index is 0.149. The molecule has 0 amide bonds. The Kier molecular flexibility index (Phi) is 4.24. The van der Waals surface area contributed by atoms with Gasteiger partial charge in [-0.3, -0.25) is 5.41 Å². The van der Waals surface area contributed by atoms with Gasteiger partial charge in [0.15, 0.2) is 0 Å². The molecule has 12 heavy (non-hydrogen) atoms. The van der Waals surface area contributed by atoms with Crippen LogP contribution in [0.3, 0.4) is 0 Å². The van der Waals surface area contributed by atoms with Gasteiger partial charge in [0.05, 0.1) is 11.9 Å². The first-order valence-corrected chi connectivity index (χ1v) is 4.32. The molecule has 0 aromatic heterocycles. The second-order valence-corrected chi connectivity index (χ2v) is 4.48. The van der Waals surface area contributed by atoms with Crippen molar-refractivity contribution in [2.45, 2.75) is 46.1 Å². The third-order valence-corrected chi connectivity index (χ3v) is 1.59. The van der Waals surface area contributed by atoms with Gasteiger partial charge in [-0.2, -0.15) is 0 Å². The monoisotopic (exact) mass is 172 g/mol. The van der Waals surface area contributed by atoms with Crippen LogP contribution >= 0.6 is 0 Å². The number of nitrogens with one attached hydrogen (secondary N) is 1. The van der Waals surface area contributed by atoms with E-state index >= 15 is 0 Å². The van der Waals surface area contributed by atoms with Crippen LogP contribution in [0.25, 0.3) is 0 Å². The van der Waals surface area contributed by atoms with Crippen LogP contribution in [0.15, 0.2) is 0 Å². The number of hydrogen-bond donors (Lipinski definition) is 3. The van der Waals surface area contributed by atoms with E-state index in [4.69, 9.17) is 11.1 Å². The molecule has 0 fully saturated rings. The van der Waals surface area contributed by atoms with Gasteiger partial charge >= 0.3 is 0 Å². The molecule has 0 aliphatic rings. The van der Waals surface area contributed by atoms with Gasteiger partial charge in [-0.25, -0.2) is 0 Å². The summed E-state index contributed by atoms with van der Waals surface area (Å²) in [6.45, 7) is 6.26. The second-order valence-electron chi connectivity index (χ2n) is 4.48. The number of amidine groups is 1. The standard InChI is InChI=1S/C9H20N2O/c1-9(2,3)6-7(12)4-5-8(10)11/h7,12H,4-6H2,1-3H3,(H3,10,11).